The first kappa shape index (κ1) is 38.6. The lowest BCUT2D eigenvalue weighted by molar-refractivity contribution is 0.539. The Morgan fingerprint density at radius 2 is 0.717 bits per heavy atom. The molecular weight excluding hydrogens is 556 g/mol. The van der Waals surface area contributed by atoms with Crippen molar-refractivity contribution in [3.8, 4) is 0 Å². The topological polar surface area (TPSA) is 30.9 Å². The first-order chi connectivity index (χ1) is 22.8. The Morgan fingerprint density at radius 3 is 1.02 bits per heavy atom. The fourth-order valence-corrected chi connectivity index (χ4v) is 7.56. The van der Waals surface area contributed by atoms with E-state index in [4.69, 9.17) is 5.73 Å². The van der Waals surface area contributed by atoms with Crippen LogP contribution in [0.2, 0.25) is 0 Å². The predicted octanol–water partition coefficient (Wildman–Crippen LogP) is 14.0. The van der Waals surface area contributed by atoms with Gasteiger partial charge in [0.15, 0.2) is 0 Å². The van der Waals surface area contributed by atoms with Gasteiger partial charge in [0.05, 0.1) is 0 Å². The van der Waals surface area contributed by atoms with Gasteiger partial charge in [0.1, 0.15) is 0 Å². The predicted molar refractivity (Wildman–Crippen MR) is 207 cm³/mol. The smallest absolute Gasteiger partial charge is 0.0494 e. The van der Waals surface area contributed by atoms with Gasteiger partial charge in [-0.3, -0.25) is 0 Å². The Morgan fingerprint density at radius 1 is 0.413 bits per heavy atom. The van der Waals surface area contributed by atoms with Gasteiger partial charge in [-0.05, 0) is 48.9 Å². The highest BCUT2D eigenvalue weighted by molar-refractivity contribution is 6.08. The Bertz CT molecular complexity index is 1070. The van der Waals surface area contributed by atoms with Crippen LogP contribution < -0.4 is 5.73 Å². The number of hydrogen-bond acceptors (Lipinski definition) is 1. The fraction of sp³-hybridized carbons (Fsp3) is 0.727. The molecule has 260 valence electrons. The van der Waals surface area contributed by atoms with Crippen molar-refractivity contribution in [3.05, 3.63) is 47.5 Å². The molecule has 1 heterocycles. The van der Waals surface area contributed by atoms with Crippen molar-refractivity contribution in [2.45, 2.75) is 200 Å². The van der Waals surface area contributed by atoms with E-state index in [1.54, 1.807) is 0 Å². The lowest BCUT2D eigenvalue weighted by Gasteiger charge is -2.08. The summed E-state index contributed by atoms with van der Waals surface area (Å²) in [7, 11) is 0. The summed E-state index contributed by atoms with van der Waals surface area (Å²) in [5, 5.41) is 2.79. The second kappa shape index (κ2) is 25.2. The zero-order chi connectivity index (χ0) is 32.5. The molecule has 0 unspecified atom stereocenters. The first-order valence-electron chi connectivity index (χ1n) is 20.5. The molecule has 0 aliphatic carbocycles. The van der Waals surface area contributed by atoms with E-state index in [1.807, 2.05) is 0 Å². The van der Waals surface area contributed by atoms with Gasteiger partial charge < -0.3 is 10.3 Å². The minimum atomic E-state index is 0.686. The molecule has 0 saturated carbocycles. The number of fused-ring (bicyclic) bond motifs is 3. The Kier molecular flexibility index (Phi) is 21.2. The lowest BCUT2D eigenvalue weighted by Crippen LogP contribution is -2.09. The van der Waals surface area contributed by atoms with Crippen LogP contribution in [0, 0.1) is 0 Å². The molecule has 0 saturated heterocycles. The number of hydrogen-bond donors (Lipinski definition) is 1. The van der Waals surface area contributed by atoms with Crippen LogP contribution in [0.4, 0.5) is 0 Å². The van der Waals surface area contributed by atoms with Crippen molar-refractivity contribution in [1.82, 2.24) is 4.57 Å². The largest absolute Gasteiger partial charge is 0.339 e. The molecule has 0 amide bonds. The number of unbranched alkanes of at least 4 members (excludes halogenated alkanes) is 24. The standard InChI is InChI=1S/C44H74N2/c1-3-5-7-9-11-13-15-17-19-21-23-25-27-29-39-31-33-41-42-34-32-40(38-44(42)46(36-35-45)43(41)37-39)30-28-26-24-22-20-18-16-14-12-10-8-6-4-2/h31-34,37-38H,3-30,35-36,45H2,1-2H3. The Hall–Kier alpha value is -1.80. The molecule has 2 heteroatoms. The number of rotatable bonds is 30. The summed E-state index contributed by atoms with van der Waals surface area (Å²) < 4.78 is 2.51. The van der Waals surface area contributed by atoms with Gasteiger partial charge in [-0.15, -0.1) is 0 Å². The van der Waals surface area contributed by atoms with Gasteiger partial charge in [-0.2, -0.15) is 0 Å². The molecule has 2 aromatic carbocycles. The van der Waals surface area contributed by atoms with Gasteiger partial charge in [0.2, 0.25) is 0 Å². The molecule has 3 aromatic rings. The molecule has 2 N–H and O–H groups in total. The van der Waals surface area contributed by atoms with E-state index in [0.717, 1.165) is 6.54 Å². The van der Waals surface area contributed by atoms with Crippen molar-refractivity contribution in [1.29, 1.82) is 0 Å². The molecule has 0 fully saturated rings. The number of aryl methyl sites for hydroxylation is 2. The van der Waals surface area contributed by atoms with Crippen molar-refractivity contribution >= 4 is 21.8 Å². The van der Waals surface area contributed by atoms with E-state index >= 15 is 0 Å². The maximum atomic E-state index is 6.14. The van der Waals surface area contributed by atoms with Crippen LogP contribution in [0.5, 0.6) is 0 Å². The quantitative estimate of drug-likeness (QED) is 0.0730. The second-order valence-electron chi connectivity index (χ2n) is 14.6. The Balaban J connectivity index is 1.35. The highest BCUT2D eigenvalue weighted by Gasteiger charge is 2.12. The minimum Gasteiger partial charge on any atom is -0.339 e. The van der Waals surface area contributed by atoms with E-state index in [-0.39, 0.29) is 0 Å². The van der Waals surface area contributed by atoms with Crippen molar-refractivity contribution < 1.29 is 0 Å². The molecule has 0 atom stereocenters. The maximum absolute atomic E-state index is 6.14. The van der Waals surface area contributed by atoms with Crippen LogP contribution >= 0.6 is 0 Å². The van der Waals surface area contributed by atoms with Gasteiger partial charge in [0.25, 0.3) is 0 Å². The monoisotopic (exact) mass is 631 g/mol. The van der Waals surface area contributed by atoms with Crippen LogP contribution in [0.1, 0.15) is 192 Å². The number of nitrogens with two attached hydrogens (primary N) is 1. The number of nitrogens with zero attached hydrogens (tertiary/aromatic N) is 1. The van der Waals surface area contributed by atoms with Crippen molar-refractivity contribution in [2.24, 2.45) is 5.73 Å². The fourth-order valence-electron chi connectivity index (χ4n) is 7.56. The summed E-state index contributed by atoms with van der Waals surface area (Å²) >= 11 is 0. The number of aromatic nitrogens is 1. The normalized spacial score (nSPS) is 11.8. The highest BCUT2D eigenvalue weighted by atomic mass is 15.0. The zero-order valence-electron chi connectivity index (χ0n) is 30.7. The van der Waals surface area contributed by atoms with Crippen LogP contribution in [0.3, 0.4) is 0 Å². The van der Waals surface area contributed by atoms with Gasteiger partial charge >= 0.3 is 0 Å². The van der Waals surface area contributed by atoms with Crippen LogP contribution in [-0.2, 0) is 19.4 Å². The summed E-state index contributed by atoms with van der Waals surface area (Å²) in [6.07, 6.45) is 39.2. The second-order valence-corrected chi connectivity index (χ2v) is 14.6. The summed E-state index contributed by atoms with van der Waals surface area (Å²) in [6.45, 7) is 6.18. The van der Waals surface area contributed by atoms with Gasteiger partial charge in [0, 0.05) is 34.9 Å². The molecule has 0 bridgehead atoms. The third-order valence-corrected chi connectivity index (χ3v) is 10.5. The van der Waals surface area contributed by atoms with Crippen LogP contribution in [-0.4, -0.2) is 11.1 Å². The third-order valence-electron chi connectivity index (χ3n) is 10.5. The molecule has 0 spiro atoms. The van der Waals surface area contributed by atoms with Gasteiger partial charge in [-0.25, -0.2) is 0 Å². The maximum Gasteiger partial charge on any atom is 0.0494 e. The summed E-state index contributed by atoms with van der Waals surface area (Å²) in [4.78, 5) is 0. The molecule has 0 aliphatic rings. The Labute approximate surface area is 285 Å². The number of benzene rings is 2. The highest BCUT2D eigenvalue weighted by Crippen LogP contribution is 2.31. The molecule has 0 aliphatic heterocycles. The molecule has 46 heavy (non-hydrogen) atoms. The van der Waals surface area contributed by atoms with E-state index < -0.39 is 0 Å². The lowest BCUT2D eigenvalue weighted by atomic mass is 10.0. The summed E-state index contributed by atoms with van der Waals surface area (Å²) in [6, 6.07) is 14.5. The SMILES string of the molecule is CCCCCCCCCCCCCCCc1ccc2c3ccc(CCCCCCCCCCCCCCC)cc3n(CCN)c2c1. The van der Waals surface area contributed by atoms with E-state index in [0.29, 0.717) is 6.54 Å². The average Bonchev–Trinajstić information content (AvgIpc) is 3.37. The minimum absolute atomic E-state index is 0.686. The molecule has 0 radical (unpaired) electrons. The first-order valence-corrected chi connectivity index (χ1v) is 20.5. The summed E-state index contributed by atoms with van der Waals surface area (Å²) in [5.74, 6) is 0. The molecular formula is C44H74N2. The van der Waals surface area contributed by atoms with Gasteiger partial charge in [-0.1, -0.05) is 192 Å². The molecule has 2 nitrogen and oxygen atoms in total. The van der Waals surface area contributed by atoms with E-state index in [2.05, 4.69) is 54.8 Å². The molecule has 3 rings (SSSR count). The molecule has 1 aromatic heterocycles. The average molecular weight is 631 g/mol. The van der Waals surface area contributed by atoms with Crippen molar-refractivity contribution in [3.63, 3.8) is 0 Å². The van der Waals surface area contributed by atoms with E-state index in [1.165, 1.54) is 213 Å². The third kappa shape index (κ3) is 15.0. The summed E-state index contributed by atoms with van der Waals surface area (Å²) in [5.41, 5.74) is 11.9. The van der Waals surface area contributed by atoms with Crippen LogP contribution in [0.25, 0.3) is 21.8 Å². The zero-order valence-corrected chi connectivity index (χ0v) is 30.7. The van der Waals surface area contributed by atoms with Crippen LogP contribution in [0.15, 0.2) is 36.4 Å². The van der Waals surface area contributed by atoms with E-state index in [9.17, 15) is 0 Å². The van der Waals surface area contributed by atoms with Crippen molar-refractivity contribution in [2.75, 3.05) is 6.54 Å².